The molecule has 0 aliphatic rings. The van der Waals surface area contributed by atoms with Crippen molar-refractivity contribution < 1.29 is 0 Å². The molecule has 230 valence electrons. The molecular formula is C45H29N3S. The largest absolute Gasteiger partial charge is 0.208 e. The Bertz CT molecular complexity index is 2520. The molecule has 0 fully saturated rings. The Labute approximate surface area is 288 Å². The average molecular weight is 644 g/mol. The van der Waals surface area contributed by atoms with Gasteiger partial charge in [0.05, 0.1) is 0 Å². The molecule has 0 saturated heterocycles. The predicted octanol–water partition coefficient (Wildman–Crippen LogP) is 12.2. The van der Waals surface area contributed by atoms with Crippen LogP contribution < -0.4 is 0 Å². The van der Waals surface area contributed by atoms with Crippen molar-refractivity contribution in [3.8, 4) is 67.5 Å². The third-order valence-electron chi connectivity index (χ3n) is 8.93. The van der Waals surface area contributed by atoms with Crippen LogP contribution in [0.2, 0.25) is 0 Å². The molecule has 3 nitrogen and oxygen atoms in total. The summed E-state index contributed by atoms with van der Waals surface area (Å²) >= 11 is 1.84. The van der Waals surface area contributed by atoms with Crippen molar-refractivity contribution in [2.75, 3.05) is 0 Å². The van der Waals surface area contributed by atoms with Crippen molar-refractivity contribution in [2.24, 2.45) is 0 Å². The van der Waals surface area contributed by atoms with Gasteiger partial charge in [-0.05, 0) is 63.7 Å². The van der Waals surface area contributed by atoms with Crippen LogP contribution in [-0.4, -0.2) is 15.0 Å². The molecule has 0 spiro atoms. The number of hydrogen-bond donors (Lipinski definition) is 0. The van der Waals surface area contributed by atoms with Crippen molar-refractivity contribution in [1.29, 1.82) is 0 Å². The van der Waals surface area contributed by atoms with Gasteiger partial charge in [-0.1, -0.05) is 146 Å². The Kier molecular flexibility index (Phi) is 7.34. The molecular weight excluding hydrogens is 615 g/mol. The number of benzene rings is 7. The lowest BCUT2D eigenvalue weighted by Gasteiger charge is -2.13. The standard InChI is InChI=1S/C45H29N3S/c1-4-13-30(14-5-1)31-23-25-32(26-24-31)35-27-36(38-20-12-22-41-42(38)39-19-10-11-21-40(39)49-41)29-37(28-35)45-47-43(33-15-6-2-7-16-33)46-44(48-45)34-17-8-3-9-18-34/h1-29H. The summed E-state index contributed by atoms with van der Waals surface area (Å²) in [5.74, 6) is 1.93. The number of nitrogens with zero attached hydrogens (tertiary/aromatic N) is 3. The quantitative estimate of drug-likeness (QED) is 0.181. The first-order valence-corrected chi connectivity index (χ1v) is 17.2. The van der Waals surface area contributed by atoms with E-state index in [0.29, 0.717) is 17.5 Å². The van der Waals surface area contributed by atoms with E-state index in [-0.39, 0.29) is 0 Å². The highest BCUT2D eigenvalue weighted by molar-refractivity contribution is 7.25. The summed E-state index contributed by atoms with van der Waals surface area (Å²) in [7, 11) is 0. The number of aromatic nitrogens is 3. The smallest absolute Gasteiger partial charge is 0.164 e. The van der Waals surface area contributed by atoms with Gasteiger partial charge in [-0.25, -0.2) is 15.0 Å². The van der Waals surface area contributed by atoms with Crippen molar-refractivity contribution in [3.63, 3.8) is 0 Å². The molecule has 0 amide bonds. The van der Waals surface area contributed by atoms with E-state index in [1.807, 2.05) is 72.0 Å². The molecule has 9 aromatic rings. The van der Waals surface area contributed by atoms with Crippen LogP contribution in [0, 0.1) is 0 Å². The normalized spacial score (nSPS) is 11.3. The van der Waals surface area contributed by atoms with Crippen molar-refractivity contribution in [2.45, 2.75) is 0 Å². The minimum absolute atomic E-state index is 0.638. The van der Waals surface area contributed by atoms with Crippen LogP contribution in [-0.2, 0) is 0 Å². The van der Waals surface area contributed by atoms with Gasteiger partial charge in [0.15, 0.2) is 17.5 Å². The van der Waals surface area contributed by atoms with E-state index >= 15 is 0 Å². The van der Waals surface area contributed by atoms with Crippen LogP contribution in [0.25, 0.3) is 87.7 Å². The van der Waals surface area contributed by atoms with Gasteiger partial charge >= 0.3 is 0 Å². The summed E-state index contributed by atoms with van der Waals surface area (Å²) in [6.45, 7) is 0. The lowest BCUT2D eigenvalue weighted by molar-refractivity contribution is 1.07. The summed E-state index contributed by atoms with van der Waals surface area (Å²) in [6.07, 6.45) is 0. The predicted molar refractivity (Wildman–Crippen MR) is 205 cm³/mol. The molecule has 0 aliphatic carbocycles. The third-order valence-corrected chi connectivity index (χ3v) is 10.1. The Morgan fingerprint density at radius 1 is 0.306 bits per heavy atom. The number of fused-ring (bicyclic) bond motifs is 3. The van der Waals surface area contributed by atoms with E-state index in [9.17, 15) is 0 Å². The zero-order chi connectivity index (χ0) is 32.6. The Morgan fingerprint density at radius 3 is 1.39 bits per heavy atom. The maximum Gasteiger partial charge on any atom is 0.164 e. The Hall–Kier alpha value is -6.23. The number of rotatable bonds is 6. The van der Waals surface area contributed by atoms with Gasteiger partial charge in [-0.15, -0.1) is 11.3 Å². The summed E-state index contributed by atoms with van der Waals surface area (Å²) in [6, 6.07) is 61.7. The van der Waals surface area contributed by atoms with Gasteiger partial charge in [-0.2, -0.15) is 0 Å². The highest BCUT2D eigenvalue weighted by Crippen LogP contribution is 2.42. The van der Waals surface area contributed by atoms with Crippen LogP contribution in [0.5, 0.6) is 0 Å². The Morgan fingerprint density at radius 2 is 0.755 bits per heavy atom. The van der Waals surface area contributed by atoms with Gasteiger partial charge in [0.1, 0.15) is 0 Å². The first kappa shape index (κ1) is 29.0. The second-order valence-corrected chi connectivity index (χ2v) is 13.1. The van der Waals surface area contributed by atoms with Crippen LogP contribution in [0.15, 0.2) is 176 Å². The van der Waals surface area contributed by atoms with Crippen molar-refractivity contribution >= 4 is 31.5 Å². The van der Waals surface area contributed by atoms with Crippen LogP contribution >= 0.6 is 11.3 Å². The minimum atomic E-state index is 0.638. The van der Waals surface area contributed by atoms with E-state index in [2.05, 4.69) is 115 Å². The fraction of sp³-hybridized carbons (Fsp3) is 0. The summed E-state index contributed by atoms with van der Waals surface area (Å²) in [5.41, 5.74) is 9.78. The SMILES string of the molecule is c1ccc(-c2ccc(-c3cc(-c4nc(-c5ccccc5)nc(-c5ccccc5)n4)cc(-c4cccc5sc6ccccc6c45)c3)cc2)cc1. The first-order chi connectivity index (χ1) is 24.3. The molecule has 0 saturated carbocycles. The molecule has 0 atom stereocenters. The monoisotopic (exact) mass is 643 g/mol. The van der Waals surface area contributed by atoms with Crippen molar-refractivity contribution in [1.82, 2.24) is 15.0 Å². The first-order valence-electron chi connectivity index (χ1n) is 16.4. The van der Waals surface area contributed by atoms with E-state index in [4.69, 9.17) is 15.0 Å². The fourth-order valence-corrected chi connectivity index (χ4v) is 7.65. The fourth-order valence-electron chi connectivity index (χ4n) is 6.52. The number of hydrogen-bond acceptors (Lipinski definition) is 4. The number of thiophene rings is 1. The Balaban J connectivity index is 1.27. The van der Waals surface area contributed by atoms with Crippen LogP contribution in [0.1, 0.15) is 0 Å². The van der Waals surface area contributed by atoms with Gasteiger partial charge in [0.2, 0.25) is 0 Å². The second kappa shape index (κ2) is 12.4. The zero-order valence-electron chi connectivity index (χ0n) is 26.5. The van der Waals surface area contributed by atoms with Crippen molar-refractivity contribution in [3.05, 3.63) is 176 Å². The third kappa shape index (κ3) is 5.58. The van der Waals surface area contributed by atoms with E-state index < -0.39 is 0 Å². The molecule has 49 heavy (non-hydrogen) atoms. The maximum absolute atomic E-state index is 5.10. The van der Waals surface area contributed by atoms with Gasteiger partial charge in [-0.3, -0.25) is 0 Å². The maximum atomic E-state index is 5.10. The topological polar surface area (TPSA) is 38.7 Å². The minimum Gasteiger partial charge on any atom is -0.208 e. The summed E-state index contributed by atoms with van der Waals surface area (Å²) in [4.78, 5) is 15.2. The highest BCUT2D eigenvalue weighted by Gasteiger charge is 2.17. The highest BCUT2D eigenvalue weighted by atomic mass is 32.1. The molecule has 2 heterocycles. The van der Waals surface area contributed by atoms with E-state index in [1.165, 1.54) is 36.9 Å². The molecule has 0 radical (unpaired) electrons. The van der Waals surface area contributed by atoms with Gasteiger partial charge < -0.3 is 0 Å². The molecule has 0 aliphatic heterocycles. The average Bonchev–Trinajstić information content (AvgIpc) is 3.58. The van der Waals surface area contributed by atoms with E-state index in [1.54, 1.807) is 0 Å². The molecule has 0 N–H and O–H groups in total. The summed E-state index contributed by atoms with van der Waals surface area (Å²) in [5, 5.41) is 2.55. The molecule has 4 heteroatoms. The lowest BCUT2D eigenvalue weighted by Crippen LogP contribution is -2.00. The van der Waals surface area contributed by atoms with Crippen LogP contribution in [0.4, 0.5) is 0 Å². The molecule has 7 aromatic carbocycles. The molecule has 2 aromatic heterocycles. The van der Waals surface area contributed by atoms with Gasteiger partial charge in [0.25, 0.3) is 0 Å². The molecule has 0 bridgehead atoms. The lowest BCUT2D eigenvalue weighted by atomic mass is 9.92. The van der Waals surface area contributed by atoms with Crippen LogP contribution in [0.3, 0.4) is 0 Å². The summed E-state index contributed by atoms with van der Waals surface area (Å²) < 4.78 is 2.56. The second-order valence-electron chi connectivity index (χ2n) is 12.1. The van der Waals surface area contributed by atoms with Gasteiger partial charge in [0, 0.05) is 36.9 Å². The zero-order valence-corrected chi connectivity index (χ0v) is 27.3. The molecule has 9 rings (SSSR count). The molecule has 0 unspecified atom stereocenters. The van der Waals surface area contributed by atoms with E-state index in [0.717, 1.165) is 33.4 Å².